The smallest absolute Gasteiger partial charge is 0.109 e. The van der Waals surface area contributed by atoms with Gasteiger partial charge in [0.25, 0.3) is 0 Å². The molecule has 2 aromatic rings. The van der Waals surface area contributed by atoms with Crippen LogP contribution in [-0.4, -0.2) is 23.1 Å². The lowest BCUT2D eigenvalue weighted by molar-refractivity contribution is 0.355. The summed E-state index contributed by atoms with van der Waals surface area (Å²) in [6, 6.07) is 7.92. The molecule has 0 aliphatic carbocycles. The van der Waals surface area contributed by atoms with Gasteiger partial charge in [-0.3, -0.25) is 4.68 Å². The molecule has 0 aliphatic heterocycles. The summed E-state index contributed by atoms with van der Waals surface area (Å²) >= 11 is 0. The highest BCUT2D eigenvalue weighted by molar-refractivity contribution is 7.70. The van der Waals surface area contributed by atoms with Crippen LogP contribution in [0.1, 0.15) is 20.8 Å². The Morgan fingerprint density at radius 3 is 2.05 bits per heavy atom. The molecule has 0 fully saturated rings. The molecule has 0 N–H and O–H groups in total. The van der Waals surface area contributed by atoms with Crippen LogP contribution in [0.25, 0.3) is 11.1 Å². The minimum absolute atomic E-state index is 0.0132. The standard InChI is InChI=1S/C15H21N2OP/c1-15(2,3)17-11-13(10-16-17)12-6-8-14(9-7-12)19(4,5)18/h6-11H,1-5H3. The van der Waals surface area contributed by atoms with E-state index in [4.69, 9.17) is 0 Å². The Hall–Kier alpha value is -1.34. The van der Waals surface area contributed by atoms with E-state index in [1.807, 2.05) is 41.3 Å². The predicted octanol–water partition coefficient (Wildman–Crippen LogP) is 3.55. The number of hydrogen-bond donors (Lipinski definition) is 0. The molecule has 0 amide bonds. The lowest BCUT2D eigenvalue weighted by Crippen LogP contribution is -2.21. The Kier molecular flexibility index (Phi) is 3.44. The van der Waals surface area contributed by atoms with Gasteiger partial charge >= 0.3 is 0 Å². The molecule has 1 aromatic carbocycles. The topological polar surface area (TPSA) is 34.9 Å². The van der Waals surface area contributed by atoms with Crippen LogP contribution in [0, 0.1) is 0 Å². The Labute approximate surface area is 115 Å². The Morgan fingerprint density at radius 2 is 1.63 bits per heavy atom. The van der Waals surface area contributed by atoms with E-state index in [0.29, 0.717) is 0 Å². The Morgan fingerprint density at radius 1 is 1.05 bits per heavy atom. The van der Waals surface area contributed by atoms with E-state index >= 15 is 0 Å². The zero-order valence-electron chi connectivity index (χ0n) is 12.2. The molecular formula is C15H21N2OP. The lowest BCUT2D eigenvalue weighted by atomic mass is 10.1. The quantitative estimate of drug-likeness (QED) is 0.786. The second-order valence-corrected chi connectivity index (χ2v) is 9.46. The number of aromatic nitrogens is 2. The van der Waals surface area contributed by atoms with Gasteiger partial charge in [0.15, 0.2) is 0 Å². The van der Waals surface area contributed by atoms with Crippen molar-refractivity contribution in [2.45, 2.75) is 26.3 Å². The van der Waals surface area contributed by atoms with Gasteiger partial charge in [0, 0.05) is 17.1 Å². The molecule has 0 atom stereocenters. The highest BCUT2D eigenvalue weighted by Crippen LogP contribution is 2.35. The average Bonchev–Trinajstić information content (AvgIpc) is 2.77. The first-order valence-electron chi connectivity index (χ1n) is 6.39. The minimum Gasteiger partial charge on any atom is -0.319 e. The molecule has 102 valence electrons. The molecule has 0 spiro atoms. The van der Waals surface area contributed by atoms with Gasteiger partial charge in [-0.2, -0.15) is 5.10 Å². The minimum atomic E-state index is -2.17. The van der Waals surface area contributed by atoms with E-state index in [1.54, 1.807) is 13.3 Å². The van der Waals surface area contributed by atoms with Gasteiger partial charge in [-0.15, -0.1) is 0 Å². The van der Waals surface area contributed by atoms with Crippen LogP contribution in [0.2, 0.25) is 0 Å². The third-order valence-corrected chi connectivity index (χ3v) is 4.63. The molecular weight excluding hydrogens is 255 g/mol. The summed E-state index contributed by atoms with van der Waals surface area (Å²) in [5.74, 6) is 0. The molecule has 19 heavy (non-hydrogen) atoms. The van der Waals surface area contributed by atoms with Crippen LogP contribution >= 0.6 is 7.14 Å². The fourth-order valence-electron chi connectivity index (χ4n) is 1.85. The van der Waals surface area contributed by atoms with Crippen molar-refractivity contribution in [1.82, 2.24) is 9.78 Å². The molecule has 0 unspecified atom stereocenters. The van der Waals surface area contributed by atoms with Crippen molar-refractivity contribution in [3.8, 4) is 11.1 Å². The van der Waals surface area contributed by atoms with Gasteiger partial charge in [-0.05, 0) is 39.7 Å². The van der Waals surface area contributed by atoms with Crippen LogP contribution in [-0.2, 0) is 10.1 Å². The highest BCUT2D eigenvalue weighted by atomic mass is 31.2. The molecule has 4 heteroatoms. The highest BCUT2D eigenvalue weighted by Gasteiger charge is 2.15. The fraction of sp³-hybridized carbons (Fsp3) is 0.400. The maximum absolute atomic E-state index is 12.0. The van der Waals surface area contributed by atoms with E-state index in [2.05, 4.69) is 25.9 Å². The van der Waals surface area contributed by atoms with Crippen LogP contribution in [0.4, 0.5) is 0 Å². The van der Waals surface area contributed by atoms with Crippen molar-refractivity contribution in [3.05, 3.63) is 36.7 Å². The van der Waals surface area contributed by atoms with Gasteiger partial charge in [-0.25, -0.2) is 0 Å². The summed E-state index contributed by atoms with van der Waals surface area (Å²) in [5.41, 5.74) is 2.18. The third-order valence-electron chi connectivity index (χ3n) is 3.09. The molecule has 0 aliphatic rings. The molecule has 0 saturated heterocycles. The van der Waals surface area contributed by atoms with Gasteiger partial charge in [0.05, 0.1) is 11.7 Å². The first-order chi connectivity index (χ1) is 8.68. The Balaban J connectivity index is 2.33. The van der Waals surface area contributed by atoms with Gasteiger partial charge in [-0.1, -0.05) is 24.3 Å². The zero-order chi connectivity index (χ0) is 14.3. The first-order valence-corrected chi connectivity index (χ1v) is 8.99. The van der Waals surface area contributed by atoms with Crippen molar-refractivity contribution in [2.24, 2.45) is 0 Å². The van der Waals surface area contributed by atoms with Crippen molar-refractivity contribution < 1.29 is 4.57 Å². The van der Waals surface area contributed by atoms with Gasteiger partial charge in [0.1, 0.15) is 7.14 Å². The number of nitrogens with zero attached hydrogens (tertiary/aromatic N) is 2. The van der Waals surface area contributed by atoms with Crippen molar-refractivity contribution in [3.63, 3.8) is 0 Å². The maximum Gasteiger partial charge on any atom is 0.109 e. The summed E-state index contributed by atoms with van der Waals surface area (Å²) in [6.45, 7) is 9.95. The van der Waals surface area contributed by atoms with Crippen molar-refractivity contribution in [1.29, 1.82) is 0 Å². The van der Waals surface area contributed by atoms with E-state index < -0.39 is 7.14 Å². The van der Waals surface area contributed by atoms with Crippen LogP contribution in [0.5, 0.6) is 0 Å². The predicted molar refractivity (Wildman–Crippen MR) is 81.7 cm³/mol. The van der Waals surface area contributed by atoms with E-state index in [0.717, 1.165) is 16.4 Å². The number of rotatable bonds is 2. The first kappa shape index (κ1) is 14.1. The second-order valence-electron chi connectivity index (χ2n) is 6.24. The molecule has 1 aromatic heterocycles. The number of hydrogen-bond acceptors (Lipinski definition) is 2. The SMILES string of the molecule is CC(C)(C)n1cc(-c2ccc(P(C)(C)=O)cc2)cn1. The van der Waals surface area contributed by atoms with Crippen LogP contribution in [0.15, 0.2) is 36.7 Å². The zero-order valence-corrected chi connectivity index (χ0v) is 13.1. The molecule has 0 radical (unpaired) electrons. The number of benzene rings is 1. The third kappa shape index (κ3) is 3.16. The summed E-state index contributed by atoms with van der Waals surface area (Å²) in [7, 11) is -2.17. The maximum atomic E-state index is 12.0. The summed E-state index contributed by atoms with van der Waals surface area (Å²) < 4.78 is 13.9. The summed E-state index contributed by atoms with van der Waals surface area (Å²) in [4.78, 5) is 0. The largest absolute Gasteiger partial charge is 0.319 e. The molecule has 3 nitrogen and oxygen atoms in total. The second kappa shape index (κ2) is 4.64. The molecule has 0 bridgehead atoms. The normalized spacial score (nSPS) is 12.7. The summed E-state index contributed by atoms with van der Waals surface area (Å²) in [5, 5.41) is 5.31. The lowest BCUT2D eigenvalue weighted by Gasteiger charge is -2.18. The van der Waals surface area contributed by atoms with E-state index in [-0.39, 0.29) is 5.54 Å². The molecule has 0 saturated carbocycles. The molecule has 2 rings (SSSR count). The summed E-state index contributed by atoms with van der Waals surface area (Å²) in [6.07, 6.45) is 3.92. The van der Waals surface area contributed by atoms with Crippen molar-refractivity contribution in [2.75, 3.05) is 13.3 Å². The monoisotopic (exact) mass is 276 g/mol. The van der Waals surface area contributed by atoms with E-state index in [9.17, 15) is 4.57 Å². The van der Waals surface area contributed by atoms with Crippen LogP contribution in [0.3, 0.4) is 0 Å². The molecule has 1 heterocycles. The van der Waals surface area contributed by atoms with Gasteiger partial charge in [0.2, 0.25) is 0 Å². The Bertz CT molecular complexity index is 614. The van der Waals surface area contributed by atoms with Gasteiger partial charge < -0.3 is 4.57 Å². The van der Waals surface area contributed by atoms with Crippen LogP contribution < -0.4 is 5.30 Å². The van der Waals surface area contributed by atoms with E-state index in [1.165, 1.54) is 0 Å². The van der Waals surface area contributed by atoms with Crippen molar-refractivity contribution >= 4 is 12.4 Å². The fourth-order valence-corrected chi connectivity index (χ4v) is 2.72. The average molecular weight is 276 g/mol.